The standard InChI is InChI=1S/C55H35N3O/c1-4-18-37(19-5-1)48-35-49(58-55(57-48)39-22-8-3-9-23-39)42-27-14-25-40(33-42)41-26-15-28-43(34-41)53-50(45-31-16-24-36-17-10-11-29-44(36)45)51-52(38-20-6-2-7-21-38)56-47-32-13-12-30-46(47)54(51)59-53/h1-35H. The summed E-state index contributed by atoms with van der Waals surface area (Å²) in [4.78, 5) is 15.5. The van der Waals surface area contributed by atoms with E-state index < -0.39 is 0 Å². The Morgan fingerprint density at radius 2 is 0.881 bits per heavy atom. The predicted octanol–water partition coefficient (Wildman–Crippen LogP) is 14.6. The number of rotatable bonds is 7. The molecule has 0 aliphatic carbocycles. The number of fused-ring (bicyclic) bond motifs is 4. The van der Waals surface area contributed by atoms with Crippen molar-refractivity contribution in [1.29, 1.82) is 0 Å². The summed E-state index contributed by atoms with van der Waals surface area (Å²) < 4.78 is 7.20. The summed E-state index contributed by atoms with van der Waals surface area (Å²) in [7, 11) is 0. The Morgan fingerprint density at radius 1 is 0.356 bits per heavy atom. The van der Waals surface area contributed by atoms with Gasteiger partial charge in [-0.25, -0.2) is 15.0 Å². The topological polar surface area (TPSA) is 51.8 Å². The van der Waals surface area contributed by atoms with Crippen molar-refractivity contribution < 1.29 is 4.42 Å². The molecule has 0 saturated carbocycles. The fourth-order valence-electron chi connectivity index (χ4n) is 8.26. The van der Waals surface area contributed by atoms with Crippen LogP contribution in [-0.2, 0) is 0 Å². The fraction of sp³-hybridized carbons (Fsp3) is 0. The van der Waals surface area contributed by atoms with Gasteiger partial charge >= 0.3 is 0 Å². The molecule has 0 unspecified atom stereocenters. The van der Waals surface area contributed by atoms with Gasteiger partial charge in [-0.15, -0.1) is 0 Å². The van der Waals surface area contributed by atoms with Crippen LogP contribution in [0.3, 0.4) is 0 Å². The molecule has 0 aliphatic rings. The highest BCUT2D eigenvalue weighted by Gasteiger charge is 2.25. The number of aromatic nitrogens is 3. The van der Waals surface area contributed by atoms with Crippen LogP contribution >= 0.6 is 0 Å². The highest BCUT2D eigenvalue weighted by molar-refractivity contribution is 6.19. The van der Waals surface area contributed by atoms with E-state index in [2.05, 4.69) is 164 Å². The SMILES string of the molecule is c1ccc(-c2cc(-c3cccc(-c4cccc(-c5oc6c(c(-c7ccccc7)nc7ccccc76)c5-c5cccc6ccccc56)c4)c3)nc(-c3ccccc3)n2)cc1. The van der Waals surface area contributed by atoms with Gasteiger partial charge in [-0.2, -0.15) is 0 Å². The Kier molecular flexibility index (Phi) is 8.45. The molecule has 59 heavy (non-hydrogen) atoms. The van der Waals surface area contributed by atoms with Gasteiger partial charge in [0.15, 0.2) is 5.82 Å². The maximum atomic E-state index is 7.20. The normalized spacial score (nSPS) is 11.4. The third-order valence-electron chi connectivity index (χ3n) is 11.1. The van der Waals surface area contributed by atoms with Crippen LogP contribution in [0.1, 0.15) is 0 Å². The molecule has 0 fully saturated rings. The minimum absolute atomic E-state index is 0.692. The lowest BCUT2D eigenvalue weighted by atomic mass is 9.91. The molecule has 0 N–H and O–H groups in total. The largest absolute Gasteiger partial charge is 0.455 e. The molecule has 0 bridgehead atoms. The van der Waals surface area contributed by atoms with E-state index in [-0.39, 0.29) is 0 Å². The van der Waals surface area contributed by atoms with Crippen LogP contribution in [0.25, 0.3) is 111 Å². The maximum Gasteiger partial charge on any atom is 0.160 e. The van der Waals surface area contributed by atoms with Crippen molar-refractivity contribution in [3.8, 4) is 78.7 Å². The Labute approximate surface area is 341 Å². The van der Waals surface area contributed by atoms with Crippen LogP contribution in [0.5, 0.6) is 0 Å². The lowest BCUT2D eigenvalue weighted by Crippen LogP contribution is -1.96. The second-order valence-corrected chi connectivity index (χ2v) is 14.7. The number of para-hydroxylation sites is 1. The molecule has 11 aromatic rings. The van der Waals surface area contributed by atoms with E-state index in [0.29, 0.717) is 5.82 Å². The Morgan fingerprint density at radius 3 is 1.63 bits per heavy atom. The van der Waals surface area contributed by atoms with E-state index in [1.54, 1.807) is 0 Å². The molecule has 11 rings (SSSR count). The monoisotopic (exact) mass is 753 g/mol. The van der Waals surface area contributed by atoms with E-state index in [4.69, 9.17) is 19.4 Å². The Bertz CT molecular complexity index is 3260. The van der Waals surface area contributed by atoms with Gasteiger partial charge < -0.3 is 4.42 Å². The number of pyridine rings is 1. The summed E-state index contributed by atoms with van der Waals surface area (Å²) in [6, 6.07) is 73.7. The molecule has 276 valence electrons. The summed E-state index contributed by atoms with van der Waals surface area (Å²) in [6.07, 6.45) is 0. The van der Waals surface area contributed by atoms with Gasteiger partial charge in [0, 0.05) is 38.8 Å². The van der Waals surface area contributed by atoms with Crippen LogP contribution in [0.2, 0.25) is 0 Å². The fourth-order valence-corrected chi connectivity index (χ4v) is 8.26. The third kappa shape index (κ3) is 6.24. The number of nitrogens with zero attached hydrogens (tertiary/aromatic N) is 3. The third-order valence-corrected chi connectivity index (χ3v) is 11.1. The average molecular weight is 754 g/mol. The van der Waals surface area contributed by atoms with E-state index in [1.807, 2.05) is 48.5 Å². The molecule has 3 aromatic heterocycles. The maximum absolute atomic E-state index is 7.20. The number of benzene rings is 8. The second-order valence-electron chi connectivity index (χ2n) is 14.7. The van der Waals surface area contributed by atoms with Gasteiger partial charge in [0.05, 0.1) is 28.0 Å². The first-order valence-corrected chi connectivity index (χ1v) is 19.9. The van der Waals surface area contributed by atoms with Gasteiger partial charge in [0.2, 0.25) is 0 Å². The van der Waals surface area contributed by atoms with Crippen LogP contribution in [0, 0.1) is 0 Å². The van der Waals surface area contributed by atoms with Crippen molar-refractivity contribution in [3.05, 3.63) is 212 Å². The minimum atomic E-state index is 0.692. The van der Waals surface area contributed by atoms with Crippen LogP contribution in [0.4, 0.5) is 0 Å². The van der Waals surface area contributed by atoms with Crippen molar-refractivity contribution in [2.45, 2.75) is 0 Å². The van der Waals surface area contributed by atoms with Crippen molar-refractivity contribution in [1.82, 2.24) is 15.0 Å². The van der Waals surface area contributed by atoms with Crippen molar-refractivity contribution in [2.24, 2.45) is 0 Å². The summed E-state index contributed by atoms with van der Waals surface area (Å²) >= 11 is 0. The van der Waals surface area contributed by atoms with Crippen molar-refractivity contribution >= 4 is 32.6 Å². The quantitative estimate of drug-likeness (QED) is 0.163. The molecule has 0 atom stereocenters. The van der Waals surface area contributed by atoms with Crippen LogP contribution in [0.15, 0.2) is 217 Å². The molecule has 0 radical (unpaired) electrons. The molecule has 0 saturated heterocycles. The lowest BCUT2D eigenvalue weighted by Gasteiger charge is -2.12. The highest BCUT2D eigenvalue weighted by atomic mass is 16.3. The molecule has 0 spiro atoms. The Balaban J connectivity index is 1.11. The van der Waals surface area contributed by atoms with Gasteiger partial charge in [0.1, 0.15) is 11.3 Å². The zero-order valence-electron chi connectivity index (χ0n) is 32.0. The zero-order chi connectivity index (χ0) is 39.1. The number of hydrogen-bond acceptors (Lipinski definition) is 4. The van der Waals surface area contributed by atoms with Gasteiger partial charge in [-0.05, 0) is 57.8 Å². The molecule has 0 aliphatic heterocycles. The molecule has 8 aromatic carbocycles. The first-order valence-electron chi connectivity index (χ1n) is 19.9. The van der Waals surface area contributed by atoms with E-state index in [0.717, 1.165) is 100 Å². The second kappa shape index (κ2) is 14.5. The smallest absolute Gasteiger partial charge is 0.160 e. The van der Waals surface area contributed by atoms with Gasteiger partial charge in [0.25, 0.3) is 0 Å². The summed E-state index contributed by atoms with van der Waals surface area (Å²) in [5.74, 6) is 1.50. The molecule has 0 amide bonds. The first kappa shape index (κ1) is 34.3. The number of furan rings is 1. The van der Waals surface area contributed by atoms with Crippen LogP contribution in [-0.4, -0.2) is 15.0 Å². The van der Waals surface area contributed by atoms with Gasteiger partial charge in [-0.3, -0.25) is 0 Å². The van der Waals surface area contributed by atoms with Crippen molar-refractivity contribution in [3.63, 3.8) is 0 Å². The van der Waals surface area contributed by atoms with E-state index >= 15 is 0 Å². The molecule has 3 heterocycles. The average Bonchev–Trinajstić information content (AvgIpc) is 3.73. The molecule has 4 nitrogen and oxygen atoms in total. The Hall–Kier alpha value is -7.95. The summed E-state index contributed by atoms with van der Waals surface area (Å²) in [5.41, 5.74) is 13.7. The van der Waals surface area contributed by atoms with E-state index in [1.165, 1.54) is 5.39 Å². The van der Waals surface area contributed by atoms with Gasteiger partial charge in [-0.1, -0.05) is 182 Å². The van der Waals surface area contributed by atoms with Crippen LogP contribution < -0.4 is 0 Å². The predicted molar refractivity (Wildman–Crippen MR) is 243 cm³/mol. The summed E-state index contributed by atoms with van der Waals surface area (Å²) in [5, 5.41) is 4.31. The summed E-state index contributed by atoms with van der Waals surface area (Å²) in [6.45, 7) is 0. The zero-order valence-corrected chi connectivity index (χ0v) is 32.0. The van der Waals surface area contributed by atoms with E-state index in [9.17, 15) is 0 Å². The number of hydrogen-bond donors (Lipinski definition) is 0. The molecule has 4 heteroatoms. The first-order chi connectivity index (χ1) is 29.2. The molecular formula is C55H35N3O. The molecular weight excluding hydrogens is 719 g/mol. The minimum Gasteiger partial charge on any atom is -0.455 e. The highest BCUT2D eigenvalue weighted by Crippen LogP contribution is 2.48. The lowest BCUT2D eigenvalue weighted by molar-refractivity contribution is 0.636. The van der Waals surface area contributed by atoms with Crippen molar-refractivity contribution in [2.75, 3.05) is 0 Å².